The highest BCUT2D eigenvalue weighted by molar-refractivity contribution is 6.31. The highest BCUT2D eigenvalue weighted by atomic mass is 35.5. The summed E-state index contributed by atoms with van der Waals surface area (Å²) in [6.07, 6.45) is 6.45. The van der Waals surface area contributed by atoms with Crippen LogP contribution in [0.3, 0.4) is 0 Å². The van der Waals surface area contributed by atoms with Crippen molar-refractivity contribution in [3.8, 4) is 0 Å². The molecule has 0 spiro atoms. The Balaban J connectivity index is 1.77. The van der Waals surface area contributed by atoms with Gasteiger partial charge in [-0.15, -0.1) is 10.2 Å². The van der Waals surface area contributed by atoms with Gasteiger partial charge in [-0.2, -0.15) is 0 Å². The molecule has 1 aliphatic heterocycles. The second-order valence-corrected chi connectivity index (χ2v) is 7.85. The summed E-state index contributed by atoms with van der Waals surface area (Å²) in [5.41, 5.74) is 1.42. The molecule has 4 heterocycles. The molecular weight excluding hydrogens is 388 g/mol. The van der Waals surface area contributed by atoms with Crippen LogP contribution in [-0.4, -0.2) is 37.2 Å². The maximum atomic E-state index is 13.3. The smallest absolute Gasteiger partial charge is 0.263 e. The maximum Gasteiger partial charge on any atom is 0.263 e. The van der Waals surface area contributed by atoms with Crippen molar-refractivity contribution in [3.05, 3.63) is 63.7 Å². The molecule has 0 bridgehead atoms. The van der Waals surface area contributed by atoms with Crippen molar-refractivity contribution in [2.75, 3.05) is 18.0 Å². The lowest BCUT2D eigenvalue weighted by Gasteiger charge is -2.21. The molecule has 29 heavy (non-hydrogen) atoms. The summed E-state index contributed by atoms with van der Waals surface area (Å²) in [7, 11) is 0. The van der Waals surface area contributed by atoms with Gasteiger partial charge in [-0.25, -0.2) is 4.40 Å². The van der Waals surface area contributed by atoms with Gasteiger partial charge in [0, 0.05) is 24.3 Å². The summed E-state index contributed by atoms with van der Waals surface area (Å²) in [6, 6.07) is 11.1. The number of halogens is 1. The summed E-state index contributed by atoms with van der Waals surface area (Å²) < 4.78 is 3.62. The molecule has 0 N–H and O–H groups in total. The fourth-order valence-electron chi connectivity index (χ4n) is 4.04. The van der Waals surface area contributed by atoms with Crippen LogP contribution in [0.2, 0.25) is 5.02 Å². The molecule has 5 rings (SSSR count). The van der Waals surface area contributed by atoms with Crippen LogP contribution in [0, 0.1) is 0 Å². The van der Waals surface area contributed by atoms with Crippen molar-refractivity contribution in [2.24, 2.45) is 0 Å². The third-order valence-electron chi connectivity index (χ3n) is 5.48. The van der Waals surface area contributed by atoms with E-state index in [1.54, 1.807) is 22.9 Å². The summed E-state index contributed by atoms with van der Waals surface area (Å²) in [6.45, 7) is 2.20. The number of aromatic nitrogens is 5. The fraction of sp³-hybridized carbons (Fsp3) is 0.333. The van der Waals surface area contributed by atoms with E-state index in [4.69, 9.17) is 11.6 Å². The molecule has 3 aromatic heterocycles. The van der Waals surface area contributed by atoms with E-state index >= 15 is 0 Å². The summed E-state index contributed by atoms with van der Waals surface area (Å²) >= 11 is 6.23. The van der Waals surface area contributed by atoms with E-state index in [0.717, 1.165) is 43.1 Å². The number of fused-ring (bicyclic) bond motifs is 3. The van der Waals surface area contributed by atoms with Crippen molar-refractivity contribution in [2.45, 2.75) is 32.2 Å². The zero-order valence-electron chi connectivity index (χ0n) is 16.0. The second kappa shape index (κ2) is 7.48. The van der Waals surface area contributed by atoms with Gasteiger partial charge >= 0.3 is 0 Å². The lowest BCUT2D eigenvalue weighted by Crippen LogP contribution is -2.28. The third kappa shape index (κ3) is 3.25. The van der Waals surface area contributed by atoms with Crippen LogP contribution < -0.4 is 10.5 Å². The molecule has 4 aromatic rings. The number of hydrogen-bond acceptors (Lipinski definition) is 5. The summed E-state index contributed by atoms with van der Waals surface area (Å²) in [4.78, 5) is 20.0. The van der Waals surface area contributed by atoms with Gasteiger partial charge in [0.2, 0.25) is 11.7 Å². The molecule has 0 unspecified atom stereocenters. The lowest BCUT2D eigenvalue weighted by molar-refractivity contribution is 0.726. The van der Waals surface area contributed by atoms with Crippen LogP contribution in [0.1, 0.15) is 31.4 Å². The zero-order chi connectivity index (χ0) is 19.8. The van der Waals surface area contributed by atoms with Crippen LogP contribution in [0.5, 0.6) is 0 Å². The quantitative estimate of drug-likeness (QED) is 0.518. The van der Waals surface area contributed by atoms with E-state index in [2.05, 4.69) is 20.1 Å². The Kier molecular flexibility index (Phi) is 4.67. The highest BCUT2D eigenvalue weighted by Gasteiger charge is 2.21. The molecule has 0 amide bonds. The van der Waals surface area contributed by atoms with Gasteiger partial charge in [0.15, 0.2) is 0 Å². The van der Waals surface area contributed by atoms with E-state index in [0.29, 0.717) is 22.7 Å². The predicted molar refractivity (Wildman–Crippen MR) is 114 cm³/mol. The Morgan fingerprint density at radius 3 is 2.59 bits per heavy atom. The highest BCUT2D eigenvalue weighted by Crippen LogP contribution is 2.24. The van der Waals surface area contributed by atoms with Crippen LogP contribution in [0.15, 0.2) is 47.4 Å². The van der Waals surface area contributed by atoms with Crippen LogP contribution in [-0.2, 0) is 6.54 Å². The Morgan fingerprint density at radius 1 is 1.00 bits per heavy atom. The van der Waals surface area contributed by atoms with Gasteiger partial charge in [0.25, 0.3) is 5.56 Å². The molecule has 7 nitrogen and oxygen atoms in total. The average molecular weight is 409 g/mol. The van der Waals surface area contributed by atoms with Crippen LogP contribution in [0.25, 0.3) is 16.7 Å². The summed E-state index contributed by atoms with van der Waals surface area (Å²) in [5, 5.41) is 10.0. The molecule has 0 saturated carbocycles. The van der Waals surface area contributed by atoms with Gasteiger partial charge in [-0.05, 0) is 43.2 Å². The van der Waals surface area contributed by atoms with Gasteiger partial charge in [0.05, 0.1) is 23.1 Å². The van der Waals surface area contributed by atoms with Crippen molar-refractivity contribution in [1.82, 2.24) is 24.1 Å². The van der Waals surface area contributed by atoms with Crippen molar-refractivity contribution in [1.29, 1.82) is 0 Å². The molecule has 0 aliphatic carbocycles. The first-order valence-electron chi connectivity index (χ1n) is 9.94. The number of rotatable bonds is 3. The second-order valence-electron chi connectivity index (χ2n) is 7.41. The lowest BCUT2D eigenvalue weighted by atomic mass is 10.2. The van der Waals surface area contributed by atoms with Gasteiger partial charge in [-0.1, -0.05) is 30.5 Å². The number of pyridine rings is 1. The van der Waals surface area contributed by atoms with E-state index in [9.17, 15) is 4.79 Å². The van der Waals surface area contributed by atoms with Gasteiger partial charge < -0.3 is 4.90 Å². The molecule has 1 saturated heterocycles. The molecule has 148 valence electrons. The van der Waals surface area contributed by atoms with E-state index in [1.807, 2.05) is 28.7 Å². The van der Waals surface area contributed by atoms with E-state index in [1.165, 1.54) is 12.8 Å². The Morgan fingerprint density at radius 2 is 1.83 bits per heavy atom. The molecular formula is C21H21ClN6O. The first-order chi connectivity index (χ1) is 14.2. The minimum Gasteiger partial charge on any atom is -0.341 e. The monoisotopic (exact) mass is 408 g/mol. The predicted octanol–water partition coefficient (Wildman–Crippen LogP) is 3.52. The first kappa shape index (κ1) is 18.1. The number of nitrogens with zero attached hydrogens (tertiary/aromatic N) is 6. The number of benzene rings is 1. The molecule has 1 fully saturated rings. The number of hydrogen-bond donors (Lipinski definition) is 0. The van der Waals surface area contributed by atoms with E-state index in [-0.39, 0.29) is 5.56 Å². The topological polar surface area (TPSA) is 68.3 Å². The Labute approximate surface area is 172 Å². The SMILES string of the molecule is O=c1c2cc(Cl)ccc2n2c(N3CCCCCC3)nnc2n1Cc1ccccn1. The molecule has 8 heteroatoms. The first-order valence-corrected chi connectivity index (χ1v) is 10.3. The van der Waals surface area contributed by atoms with Crippen molar-refractivity contribution >= 4 is 34.2 Å². The maximum absolute atomic E-state index is 13.3. The molecule has 1 aromatic carbocycles. The Bertz CT molecular complexity index is 1220. The number of anilines is 1. The average Bonchev–Trinajstić information content (AvgIpc) is 2.99. The van der Waals surface area contributed by atoms with Crippen molar-refractivity contribution < 1.29 is 0 Å². The summed E-state index contributed by atoms with van der Waals surface area (Å²) in [5.74, 6) is 1.30. The van der Waals surface area contributed by atoms with Crippen LogP contribution in [0.4, 0.5) is 5.95 Å². The van der Waals surface area contributed by atoms with Crippen molar-refractivity contribution in [3.63, 3.8) is 0 Å². The largest absolute Gasteiger partial charge is 0.341 e. The standard InChI is InChI=1S/C21H21ClN6O/c22-15-8-9-18-17(13-15)19(29)27(14-16-7-3-4-10-23-16)21-25-24-20(28(18)21)26-11-5-1-2-6-12-26/h3-4,7-10,13H,1-2,5-6,11-12,14H2. The fourth-order valence-corrected chi connectivity index (χ4v) is 4.21. The normalized spacial score (nSPS) is 15.1. The minimum atomic E-state index is -0.143. The molecule has 0 atom stereocenters. The molecule has 0 radical (unpaired) electrons. The zero-order valence-corrected chi connectivity index (χ0v) is 16.7. The Hall–Kier alpha value is -2.93. The van der Waals surface area contributed by atoms with Gasteiger partial charge in [-0.3, -0.25) is 14.3 Å². The van der Waals surface area contributed by atoms with Crippen LogP contribution >= 0.6 is 11.6 Å². The van der Waals surface area contributed by atoms with Gasteiger partial charge in [0.1, 0.15) is 0 Å². The minimum absolute atomic E-state index is 0.143. The third-order valence-corrected chi connectivity index (χ3v) is 5.72. The van der Waals surface area contributed by atoms with E-state index < -0.39 is 0 Å². The molecule has 1 aliphatic rings.